The highest BCUT2D eigenvalue weighted by molar-refractivity contribution is 5.40. The molecule has 0 radical (unpaired) electrons. The van der Waals surface area contributed by atoms with E-state index in [-0.39, 0.29) is 11.5 Å². The molecule has 1 atom stereocenters. The van der Waals surface area contributed by atoms with Crippen molar-refractivity contribution in [3.8, 4) is 0 Å². The second kappa shape index (κ2) is 5.00. The smallest absolute Gasteiger partial charge is 0.0952 e. The maximum Gasteiger partial charge on any atom is 0.0952 e. The first-order valence-corrected chi connectivity index (χ1v) is 6.76. The number of morpholine rings is 1. The number of nitrogens with one attached hydrogen (secondary N) is 1. The van der Waals surface area contributed by atoms with E-state index in [4.69, 9.17) is 9.47 Å². The van der Waals surface area contributed by atoms with Gasteiger partial charge in [0.05, 0.1) is 19.3 Å². The van der Waals surface area contributed by atoms with Crippen molar-refractivity contribution >= 4 is 0 Å². The van der Waals surface area contributed by atoms with Gasteiger partial charge in [0, 0.05) is 25.6 Å². The van der Waals surface area contributed by atoms with Crippen LogP contribution in [0, 0.1) is 0 Å². The number of rotatable bonds is 4. The summed E-state index contributed by atoms with van der Waals surface area (Å²) in [7, 11) is 1.79. The molecule has 1 saturated heterocycles. The fourth-order valence-corrected chi connectivity index (χ4v) is 2.94. The number of methoxy groups -OCH3 is 1. The van der Waals surface area contributed by atoms with Crippen LogP contribution >= 0.6 is 0 Å². The van der Waals surface area contributed by atoms with Crippen LogP contribution in [-0.2, 0) is 14.9 Å². The van der Waals surface area contributed by atoms with Crippen LogP contribution < -0.4 is 5.32 Å². The summed E-state index contributed by atoms with van der Waals surface area (Å²) >= 11 is 0. The van der Waals surface area contributed by atoms with Gasteiger partial charge in [0.25, 0.3) is 0 Å². The molecule has 1 N–H and O–H groups in total. The number of hydrogen-bond donors (Lipinski definition) is 1. The molecule has 0 amide bonds. The Morgan fingerprint density at radius 3 is 2.89 bits per heavy atom. The first-order chi connectivity index (χ1) is 8.86. The fourth-order valence-electron chi connectivity index (χ4n) is 2.94. The highest BCUT2D eigenvalue weighted by Gasteiger charge is 2.46. The molecule has 18 heavy (non-hydrogen) atoms. The van der Waals surface area contributed by atoms with Gasteiger partial charge in [-0.15, -0.1) is 0 Å². The largest absolute Gasteiger partial charge is 0.384 e. The minimum Gasteiger partial charge on any atom is -0.384 e. The molecule has 3 heteroatoms. The minimum absolute atomic E-state index is 0.198. The van der Waals surface area contributed by atoms with E-state index in [1.165, 1.54) is 24.0 Å². The first-order valence-electron chi connectivity index (χ1n) is 6.76. The maximum atomic E-state index is 5.90. The van der Waals surface area contributed by atoms with Crippen LogP contribution in [0.15, 0.2) is 24.3 Å². The maximum absolute atomic E-state index is 5.90. The van der Waals surface area contributed by atoms with E-state index in [1.807, 2.05) is 0 Å². The van der Waals surface area contributed by atoms with Gasteiger partial charge in [-0.1, -0.05) is 24.3 Å². The van der Waals surface area contributed by atoms with Crippen LogP contribution in [0.1, 0.15) is 30.1 Å². The van der Waals surface area contributed by atoms with E-state index >= 15 is 0 Å². The summed E-state index contributed by atoms with van der Waals surface area (Å²) in [4.78, 5) is 0. The summed E-state index contributed by atoms with van der Waals surface area (Å²) in [5, 5.41) is 3.41. The Labute approximate surface area is 108 Å². The molecule has 3 rings (SSSR count). The average Bonchev–Trinajstić information content (AvgIpc) is 3.21. The lowest BCUT2D eigenvalue weighted by Gasteiger charge is -2.28. The summed E-state index contributed by atoms with van der Waals surface area (Å²) in [5.74, 6) is 0. The number of ether oxygens (including phenoxy) is 2. The van der Waals surface area contributed by atoms with Gasteiger partial charge in [-0.3, -0.25) is 0 Å². The van der Waals surface area contributed by atoms with Gasteiger partial charge in [-0.05, 0) is 24.0 Å². The van der Waals surface area contributed by atoms with Crippen molar-refractivity contribution in [1.29, 1.82) is 0 Å². The summed E-state index contributed by atoms with van der Waals surface area (Å²) in [6, 6.07) is 8.70. The third-order valence-corrected chi connectivity index (χ3v) is 4.08. The quantitative estimate of drug-likeness (QED) is 0.883. The van der Waals surface area contributed by atoms with Crippen molar-refractivity contribution in [2.75, 3.05) is 33.4 Å². The van der Waals surface area contributed by atoms with E-state index in [2.05, 4.69) is 29.6 Å². The Hall–Kier alpha value is -0.900. The van der Waals surface area contributed by atoms with Gasteiger partial charge >= 0.3 is 0 Å². The topological polar surface area (TPSA) is 30.5 Å². The Morgan fingerprint density at radius 1 is 1.39 bits per heavy atom. The number of benzene rings is 1. The molecular formula is C15H21NO2. The molecule has 0 aromatic heterocycles. The summed E-state index contributed by atoms with van der Waals surface area (Å²) in [5.41, 5.74) is 3.03. The zero-order chi connectivity index (χ0) is 12.4. The second-order valence-corrected chi connectivity index (χ2v) is 5.36. The third-order valence-electron chi connectivity index (χ3n) is 4.08. The predicted octanol–water partition coefficient (Wildman–Crippen LogP) is 2.03. The van der Waals surface area contributed by atoms with Crippen molar-refractivity contribution < 1.29 is 9.47 Å². The van der Waals surface area contributed by atoms with Crippen molar-refractivity contribution in [2.24, 2.45) is 0 Å². The second-order valence-electron chi connectivity index (χ2n) is 5.36. The van der Waals surface area contributed by atoms with Gasteiger partial charge in [0.15, 0.2) is 0 Å². The van der Waals surface area contributed by atoms with E-state index < -0.39 is 0 Å². The normalized spacial score (nSPS) is 25.9. The molecule has 2 fully saturated rings. The van der Waals surface area contributed by atoms with Crippen LogP contribution in [0.25, 0.3) is 0 Å². The standard InChI is InChI=1S/C15H21NO2/c1-17-11-15(6-7-15)13-5-3-2-4-12(13)14-10-16-8-9-18-14/h2-5,14,16H,6-11H2,1H3. The van der Waals surface area contributed by atoms with Crippen molar-refractivity contribution in [3.05, 3.63) is 35.4 Å². The van der Waals surface area contributed by atoms with Gasteiger partial charge in [-0.2, -0.15) is 0 Å². The third kappa shape index (κ3) is 2.18. The Bertz CT molecular complexity index is 409. The van der Waals surface area contributed by atoms with Crippen molar-refractivity contribution in [3.63, 3.8) is 0 Å². The van der Waals surface area contributed by atoms with E-state index in [1.54, 1.807) is 7.11 Å². The summed E-state index contributed by atoms with van der Waals surface area (Å²) in [6.07, 6.45) is 2.67. The fraction of sp³-hybridized carbons (Fsp3) is 0.600. The van der Waals surface area contributed by atoms with Crippen LogP contribution in [0.3, 0.4) is 0 Å². The summed E-state index contributed by atoms with van der Waals surface area (Å²) in [6.45, 7) is 3.50. The monoisotopic (exact) mass is 247 g/mol. The Kier molecular flexibility index (Phi) is 3.37. The minimum atomic E-state index is 0.198. The zero-order valence-corrected chi connectivity index (χ0v) is 10.9. The Balaban J connectivity index is 1.90. The highest BCUT2D eigenvalue weighted by Crippen LogP contribution is 2.50. The lowest BCUT2D eigenvalue weighted by atomic mass is 9.89. The molecular weight excluding hydrogens is 226 g/mol. The zero-order valence-electron chi connectivity index (χ0n) is 10.9. The molecule has 98 valence electrons. The molecule has 1 saturated carbocycles. The number of hydrogen-bond acceptors (Lipinski definition) is 3. The predicted molar refractivity (Wildman–Crippen MR) is 70.8 cm³/mol. The van der Waals surface area contributed by atoms with E-state index in [0.717, 1.165) is 26.3 Å². The van der Waals surface area contributed by atoms with Crippen molar-refractivity contribution in [1.82, 2.24) is 5.32 Å². The van der Waals surface area contributed by atoms with Gasteiger partial charge in [0.1, 0.15) is 0 Å². The molecule has 0 bridgehead atoms. The molecule has 1 aromatic carbocycles. The molecule has 1 aliphatic carbocycles. The molecule has 0 spiro atoms. The van der Waals surface area contributed by atoms with Crippen molar-refractivity contribution in [2.45, 2.75) is 24.4 Å². The average molecular weight is 247 g/mol. The molecule has 1 unspecified atom stereocenters. The molecule has 3 nitrogen and oxygen atoms in total. The molecule has 1 heterocycles. The van der Waals surface area contributed by atoms with E-state index in [9.17, 15) is 0 Å². The first kappa shape index (κ1) is 12.2. The highest BCUT2D eigenvalue weighted by atomic mass is 16.5. The molecule has 2 aliphatic rings. The van der Waals surface area contributed by atoms with Crippen LogP contribution in [0.4, 0.5) is 0 Å². The SMILES string of the molecule is COCC1(c2ccccc2C2CNCCO2)CC1. The Morgan fingerprint density at radius 2 is 2.22 bits per heavy atom. The van der Waals surface area contributed by atoms with Crippen LogP contribution in [0.2, 0.25) is 0 Å². The molecule has 1 aliphatic heterocycles. The lowest BCUT2D eigenvalue weighted by molar-refractivity contribution is 0.0265. The van der Waals surface area contributed by atoms with Gasteiger partial charge < -0.3 is 14.8 Å². The van der Waals surface area contributed by atoms with Crippen LogP contribution in [0.5, 0.6) is 0 Å². The summed E-state index contributed by atoms with van der Waals surface area (Å²) < 4.78 is 11.3. The van der Waals surface area contributed by atoms with Gasteiger partial charge in [-0.25, -0.2) is 0 Å². The molecule has 1 aromatic rings. The van der Waals surface area contributed by atoms with E-state index in [0.29, 0.717) is 0 Å². The van der Waals surface area contributed by atoms with Crippen LogP contribution in [-0.4, -0.2) is 33.4 Å². The lowest BCUT2D eigenvalue weighted by Crippen LogP contribution is -2.34. The van der Waals surface area contributed by atoms with Gasteiger partial charge in [0.2, 0.25) is 0 Å².